The van der Waals surface area contributed by atoms with Crippen LogP contribution in [0.5, 0.6) is 11.5 Å². The summed E-state index contributed by atoms with van der Waals surface area (Å²) in [6.07, 6.45) is 4.64. The first kappa shape index (κ1) is 22.6. The zero-order valence-electron chi connectivity index (χ0n) is 19.2. The lowest BCUT2D eigenvalue weighted by Crippen LogP contribution is -2.38. The minimum atomic E-state index is -0.555. The number of rotatable bonds is 7. The number of ether oxygens (including phenoxy) is 3. The molecule has 4 rings (SSSR count). The van der Waals surface area contributed by atoms with E-state index in [9.17, 15) is 9.59 Å². The number of fused-ring (bicyclic) bond motifs is 1. The molecule has 10 heteroatoms. The molecule has 0 bridgehead atoms. The minimum absolute atomic E-state index is 0.0328. The fraction of sp³-hybridized carbons (Fsp3) is 0.478. The van der Waals surface area contributed by atoms with Gasteiger partial charge in [-0.3, -0.25) is 4.79 Å². The number of esters is 1. The number of carbonyl (C=O) groups excluding carboxylic acids is 2. The highest BCUT2D eigenvalue weighted by Gasteiger charge is 2.34. The Kier molecular flexibility index (Phi) is 6.81. The number of hydrogen-bond acceptors (Lipinski definition) is 8. The van der Waals surface area contributed by atoms with Crippen molar-refractivity contribution >= 4 is 17.8 Å². The van der Waals surface area contributed by atoms with Crippen molar-refractivity contribution in [1.82, 2.24) is 19.7 Å². The molecular formula is C23H29N5O5. The second-order valence-electron chi connectivity index (χ2n) is 7.96. The Morgan fingerprint density at radius 1 is 1.18 bits per heavy atom. The molecule has 2 aliphatic heterocycles. The Hall–Kier alpha value is -3.56. The van der Waals surface area contributed by atoms with Crippen LogP contribution in [-0.4, -0.2) is 65.0 Å². The number of anilines is 1. The molecule has 1 N–H and O–H groups in total. The van der Waals surface area contributed by atoms with Gasteiger partial charge in [0.05, 0.1) is 19.3 Å². The fourth-order valence-electron chi connectivity index (χ4n) is 4.22. The second kappa shape index (κ2) is 9.93. The Morgan fingerprint density at radius 3 is 2.70 bits per heavy atom. The molecule has 1 amide bonds. The number of hydrogen-bond donors (Lipinski definition) is 1. The molecule has 176 valence electrons. The zero-order valence-corrected chi connectivity index (χ0v) is 19.2. The molecule has 1 fully saturated rings. The van der Waals surface area contributed by atoms with Crippen LogP contribution in [-0.2, 0) is 14.3 Å². The molecular weight excluding hydrogens is 426 g/mol. The number of benzene rings is 1. The molecule has 33 heavy (non-hydrogen) atoms. The van der Waals surface area contributed by atoms with Crippen LogP contribution in [0.2, 0.25) is 0 Å². The van der Waals surface area contributed by atoms with Crippen LogP contribution in [0.15, 0.2) is 35.8 Å². The van der Waals surface area contributed by atoms with Crippen molar-refractivity contribution in [2.75, 3.05) is 38.7 Å². The number of aromatic nitrogens is 3. The average molecular weight is 456 g/mol. The molecule has 3 heterocycles. The molecule has 0 spiro atoms. The topological polar surface area (TPSA) is 108 Å². The van der Waals surface area contributed by atoms with Crippen molar-refractivity contribution in [2.45, 2.75) is 39.2 Å². The molecule has 1 aromatic carbocycles. The third kappa shape index (κ3) is 4.64. The van der Waals surface area contributed by atoms with Crippen molar-refractivity contribution in [3.05, 3.63) is 41.4 Å². The van der Waals surface area contributed by atoms with Crippen LogP contribution < -0.4 is 14.8 Å². The lowest BCUT2D eigenvalue weighted by molar-refractivity contribution is -0.139. The molecule has 0 radical (unpaired) electrons. The standard InChI is InChI=1S/C23H29N5O5/c1-4-32-22(30)20-15(2)26-23-24-14-25-28(23)21(20)16-8-9-17(18(12-16)31-3)33-13-19(29)27-10-6-5-7-11-27/h8-9,12,14,21H,4-7,10-11,13H2,1-3H3,(H,24,25,26). The second-order valence-corrected chi connectivity index (χ2v) is 7.96. The Balaban J connectivity index is 1.60. The summed E-state index contributed by atoms with van der Waals surface area (Å²) in [5, 5.41) is 7.41. The summed E-state index contributed by atoms with van der Waals surface area (Å²) in [4.78, 5) is 31.3. The van der Waals surface area contributed by atoms with Crippen LogP contribution in [0, 0.1) is 0 Å². The third-order valence-electron chi connectivity index (χ3n) is 5.85. The van der Waals surface area contributed by atoms with Gasteiger partial charge in [0.2, 0.25) is 5.95 Å². The number of piperidine rings is 1. The van der Waals surface area contributed by atoms with Crippen LogP contribution >= 0.6 is 0 Å². The lowest BCUT2D eigenvalue weighted by Gasteiger charge is -2.28. The average Bonchev–Trinajstić information content (AvgIpc) is 3.30. The third-order valence-corrected chi connectivity index (χ3v) is 5.85. The maximum atomic E-state index is 12.8. The van der Waals surface area contributed by atoms with E-state index in [4.69, 9.17) is 14.2 Å². The first-order valence-corrected chi connectivity index (χ1v) is 11.2. The van der Waals surface area contributed by atoms with Crippen LogP contribution in [0.1, 0.15) is 44.7 Å². The Morgan fingerprint density at radius 2 is 1.97 bits per heavy atom. The number of nitrogens with zero attached hydrogens (tertiary/aromatic N) is 4. The molecule has 10 nitrogen and oxygen atoms in total. The number of allylic oxidation sites excluding steroid dienone is 1. The number of carbonyl (C=O) groups is 2. The fourth-order valence-corrected chi connectivity index (χ4v) is 4.22. The van der Waals surface area contributed by atoms with Crippen molar-refractivity contribution in [2.24, 2.45) is 0 Å². The van der Waals surface area contributed by atoms with Gasteiger partial charge in [-0.25, -0.2) is 9.48 Å². The van der Waals surface area contributed by atoms with Crippen LogP contribution in [0.4, 0.5) is 5.95 Å². The SMILES string of the molecule is CCOC(=O)C1=C(C)Nc2ncnn2C1c1ccc(OCC(=O)N2CCCCC2)c(OC)c1. The zero-order chi connectivity index (χ0) is 23.4. The predicted octanol–water partition coefficient (Wildman–Crippen LogP) is 2.53. The van der Waals surface area contributed by atoms with Crippen LogP contribution in [0.3, 0.4) is 0 Å². The Bertz CT molecular complexity index is 1060. The van der Waals surface area contributed by atoms with E-state index < -0.39 is 12.0 Å². The molecule has 1 saturated heterocycles. The van der Waals surface area contributed by atoms with Gasteiger partial charge in [0.15, 0.2) is 18.1 Å². The monoisotopic (exact) mass is 455 g/mol. The number of amides is 1. The van der Waals surface area contributed by atoms with Gasteiger partial charge in [-0.05, 0) is 50.8 Å². The van der Waals surface area contributed by atoms with Gasteiger partial charge in [0, 0.05) is 18.8 Å². The van der Waals surface area contributed by atoms with Crippen LogP contribution in [0.25, 0.3) is 0 Å². The van der Waals surface area contributed by atoms with Gasteiger partial charge >= 0.3 is 5.97 Å². The summed E-state index contributed by atoms with van der Waals surface area (Å²) >= 11 is 0. The van der Waals surface area contributed by atoms with Crippen molar-refractivity contribution in [3.63, 3.8) is 0 Å². The van der Waals surface area contributed by atoms with Crippen molar-refractivity contribution in [1.29, 1.82) is 0 Å². The molecule has 0 aliphatic carbocycles. The van der Waals surface area contributed by atoms with E-state index in [2.05, 4.69) is 15.4 Å². The summed E-state index contributed by atoms with van der Waals surface area (Å²) in [6, 6.07) is 4.81. The number of methoxy groups -OCH3 is 1. The van der Waals surface area contributed by atoms with E-state index >= 15 is 0 Å². The highest BCUT2D eigenvalue weighted by atomic mass is 16.5. The predicted molar refractivity (Wildman–Crippen MR) is 120 cm³/mol. The van der Waals surface area contributed by atoms with E-state index in [1.807, 2.05) is 11.0 Å². The van der Waals surface area contributed by atoms with Crippen molar-refractivity contribution < 1.29 is 23.8 Å². The molecule has 2 aromatic rings. The maximum Gasteiger partial charge on any atom is 0.338 e. The molecule has 1 unspecified atom stereocenters. The van der Waals surface area contributed by atoms with Gasteiger partial charge in [0.1, 0.15) is 12.4 Å². The Labute approximate surface area is 192 Å². The molecule has 0 saturated carbocycles. The number of likely N-dealkylation sites (tertiary alicyclic amines) is 1. The smallest absolute Gasteiger partial charge is 0.338 e. The van der Waals surface area contributed by atoms with E-state index in [-0.39, 0.29) is 19.1 Å². The maximum absolute atomic E-state index is 12.8. The minimum Gasteiger partial charge on any atom is -0.493 e. The van der Waals surface area contributed by atoms with Gasteiger partial charge in [-0.2, -0.15) is 10.1 Å². The van der Waals surface area contributed by atoms with Gasteiger partial charge in [-0.15, -0.1) is 0 Å². The first-order chi connectivity index (χ1) is 16.0. The van der Waals surface area contributed by atoms with Gasteiger partial charge in [0.25, 0.3) is 5.91 Å². The summed E-state index contributed by atoms with van der Waals surface area (Å²) in [6.45, 7) is 5.32. The van der Waals surface area contributed by atoms with Gasteiger partial charge in [-0.1, -0.05) is 6.07 Å². The molecule has 1 atom stereocenters. The summed E-state index contributed by atoms with van der Waals surface area (Å²) < 4.78 is 18.3. The lowest BCUT2D eigenvalue weighted by atomic mass is 9.95. The molecule has 1 aromatic heterocycles. The van der Waals surface area contributed by atoms with Gasteiger partial charge < -0.3 is 24.4 Å². The summed E-state index contributed by atoms with van der Waals surface area (Å²) in [5.74, 6) is 0.976. The highest BCUT2D eigenvalue weighted by molar-refractivity contribution is 5.92. The van der Waals surface area contributed by atoms with E-state index in [0.29, 0.717) is 28.7 Å². The highest BCUT2D eigenvalue weighted by Crippen LogP contribution is 2.38. The van der Waals surface area contributed by atoms with Crippen molar-refractivity contribution in [3.8, 4) is 11.5 Å². The summed E-state index contributed by atoms with van der Waals surface area (Å²) in [7, 11) is 1.54. The summed E-state index contributed by atoms with van der Waals surface area (Å²) in [5.41, 5.74) is 1.83. The molecule has 2 aliphatic rings. The quantitative estimate of drug-likeness (QED) is 0.635. The number of nitrogens with one attached hydrogen (secondary N) is 1. The normalized spacial score (nSPS) is 17.8. The largest absolute Gasteiger partial charge is 0.493 e. The van der Waals surface area contributed by atoms with E-state index in [1.54, 1.807) is 30.7 Å². The van der Waals surface area contributed by atoms with E-state index in [0.717, 1.165) is 37.9 Å². The van der Waals surface area contributed by atoms with E-state index in [1.165, 1.54) is 13.4 Å². The first-order valence-electron chi connectivity index (χ1n) is 11.2.